The van der Waals surface area contributed by atoms with Gasteiger partial charge in [-0.05, 0) is 96.7 Å². The maximum absolute atomic E-state index is 13.5. The van der Waals surface area contributed by atoms with Gasteiger partial charge in [-0.1, -0.05) is 29.8 Å². The fraction of sp³-hybridized carbons (Fsp3) is 0.421. The van der Waals surface area contributed by atoms with Crippen molar-refractivity contribution in [3.05, 3.63) is 64.4 Å². The number of thiazole rings is 1. The van der Waals surface area contributed by atoms with Crippen LogP contribution in [0.25, 0.3) is 48.8 Å². The number of benzene rings is 2. The highest BCUT2D eigenvalue weighted by Gasteiger charge is 2.34. The number of hydrogen-bond donors (Lipinski definition) is 0. The van der Waals surface area contributed by atoms with Crippen molar-refractivity contribution >= 4 is 62.0 Å². The second-order valence-corrected chi connectivity index (χ2v) is 16.0. The number of aryl methyl sites for hydroxylation is 2. The first-order valence-corrected chi connectivity index (χ1v) is 18.1. The minimum absolute atomic E-state index is 0.224. The van der Waals surface area contributed by atoms with Gasteiger partial charge in [-0.3, -0.25) is 0 Å². The van der Waals surface area contributed by atoms with E-state index in [4.69, 9.17) is 45.9 Å². The summed E-state index contributed by atoms with van der Waals surface area (Å²) in [6.45, 7) is 16.2. The number of carbonyl (C=O) groups is 2. The van der Waals surface area contributed by atoms with E-state index < -0.39 is 23.3 Å². The van der Waals surface area contributed by atoms with Gasteiger partial charge in [0.2, 0.25) is 0 Å². The zero-order chi connectivity index (χ0) is 36.8. The van der Waals surface area contributed by atoms with Crippen molar-refractivity contribution in [2.75, 3.05) is 19.7 Å². The maximum Gasteiger partial charge on any atom is 0.410 e. The van der Waals surface area contributed by atoms with Crippen molar-refractivity contribution in [3.8, 4) is 21.8 Å². The Bertz CT molecular complexity index is 2160. The first-order chi connectivity index (χ1) is 24.0. The summed E-state index contributed by atoms with van der Waals surface area (Å²) in [4.78, 5) is 42.8. The second-order valence-electron chi connectivity index (χ2n) is 14.5. The molecule has 3 aromatic heterocycles. The van der Waals surface area contributed by atoms with Gasteiger partial charge in [0.25, 0.3) is 0 Å². The lowest BCUT2D eigenvalue weighted by molar-refractivity contribution is -0.166. The van der Waals surface area contributed by atoms with Crippen LogP contribution in [0.5, 0.6) is 0 Å². The van der Waals surface area contributed by atoms with Crippen LogP contribution in [0.3, 0.4) is 0 Å². The Kier molecular flexibility index (Phi) is 9.97. The minimum atomic E-state index is -0.977. The summed E-state index contributed by atoms with van der Waals surface area (Å²) in [6, 6.07) is 9.52. The summed E-state index contributed by atoms with van der Waals surface area (Å²) in [6.07, 6.45) is 3.00. The third-order valence-electron chi connectivity index (χ3n) is 8.21. The molecule has 2 aromatic carbocycles. The summed E-state index contributed by atoms with van der Waals surface area (Å²) < 4.78 is 20.1. The summed E-state index contributed by atoms with van der Waals surface area (Å²) in [5, 5.41) is 6.05. The van der Waals surface area contributed by atoms with Crippen molar-refractivity contribution in [2.24, 2.45) is 7.05 Å². The molecule has 4 heterocycles. The lowest BCUT2D eigenvalue weighted by atomic mass is 9.91. The molecule has 0 unspecified atom stereocenters. The smallest absolute Gasteiger partial charge is 0.410 e. The van der Waals surface area contributed by atoms with E-state index in [0.717, 1.165) is 38.2 Å². The highest BCUT2D eigenvalue weighted by atomic mass is 35.5. The second kappa shape index (κ2) is 14.0. The Balaban J connectivity index is 1.46. The highest BCUT2D eigenvalue weighted by Crippen LogP contribution is 2.44. The molecule has 0 N–H and O–H groups in total. The molecule has 0 aliphatic carbocycles. The Hall–Kier alpha value is -4.39. The van der Waals surface area contributed by atoms with Gasteiger partial charge in [0.05, 0.1) is 28.6 Å². The summed E-state index contributed by atoms with van der Waals surface area (Å²) in [5.41, 5.74) is 6.41. The van der Waals surface area contributed by atoms with Crippen molar-refractivity contribution in [1.82, 2.24) is 29.6 Å². The van der Waals surface area contributed by atoms with Gasteiger partial charge in [-0.15, -0.1) is 11.3 Å². The van der Waals surface area contributed by atoms with E-state index in [0.29, 0.717) is 52.0 Å². The van der Waals surface area contributed by atoms with Gasteiger partial charge in [0.1, 0.15) is 27.5 Å². The van der Waals surface area contributed by atoms with E-state index in [1.807, 2.05) is 91.9 Å². The number of halogens is 1. The van der Waals surface area contributed by atoms with Crippen LogP contribution in [0.4, 0.5) is 4.79 Å². The molecule has 6 rings (SSSR count). The monoisotopic (exact) mass is 730 g/mol. The predicted molar refractivity (Wildman–Crippen MR) is 201 cm³/mol. The third-order valence-corrected chi connectivity index (χ3v) is 9.58. The quantitative estimate of drug-likeness (QED) is 0.151. The summed E-state index contributed by atoms with van der Waals surface area (Å²) in [5.74, 6) is -0.457. The van der Waals surface area contributed by atoms with Crippen LogP contribution in [-0.2, 0) is 26.1 Å². The normalized spacial score (nSPS) is 14.5. The van der Waals surface area contributed by atoms with E-state index in [-0.39, 0.29) is 12.7 Å². The number of aromatic nitrogens is 5. The zero-order valence-electron chi connectivity index (χ0n) is 30.5. The lowest BCUT2D eigenvalue weighted by Gasteiger charge is -2.29. The van der Waals surface area contributed by atoms with Crippen molar-refractivity contribution in [2.45, 2.75) is 79.1 Å². The fourth-order valence-electron chi connectivity index (χ4n) is 6.08. The number of ether oxygens (including phenoxy) is 3. The molecule has 0 fully saturated rings. The molecule has 0 bridgehead atoms. The first-order valence-electron chi connectivity index (χ1n) is 16.9. The molecular formula is C38H43ClN6O5S. The van der Waals surface area contributed by atoms with Crippen molar-refractivity contribution in [3.63, 3.8) is 0 Å². The van der Waals surface area contributed by atoms with Crippen molar-refractivity contribution < 1.29 is 23.8 Å². The number of rotatable bonds is 7. The zero-order valence-corrected chi connectivity index (χ0v) is 32.0. The Morgan fingerprint density at radius 1 is 1.06 bits per heavy atom. The van der Waals surface area contributed by atoms with Crippen LogP contribution >= 0.6 is 22.9 Å². The molecule has 268 valence electrons. The molecule has 51 heavy (non-hydrogen) atoms. The average Bonchev–Trinajstić information content (AvgIpc) is 3.63. The highest BCUT2D eigenvalue weighted by molar-refractivity contribution is 7.22. The van der Waals surface area contributed by atoms with E-state index in [2.05, 4.69) is 0 Å². The van der Waals surface area contributed by atoms with Gasteiger partial charge < -0.3 is 19.1 Å². The molecule has 0 saturated heterocycles. The van der Waals surface area contributed by atoms with Crippen LogP contribution in [0.1, 0.15) is 77.8 Å². The summed E-state index contributed by atoms with van der Waals surface area (Å²) >= 11 is 7.79. The molecule has 5 aromatic rings. The Labute approximate surface area is 306 Å². The standard InChI is InChI=1S/C38H43ClN6O5S/c1-10-48-35(46)31(49-37(3,4)5)27-21(2)19-25-32(28(27)22-11-13-24(39)14-12-22)51-34(42-25)26-20-40-33-30(41-26)29(43-44(33)9)23-15-17-45(18-16-23)36(47)50-38(6,7)8/h11-15,19-20,31H,10,16-18H2,1-9H3/t31-/m0/s1. The van der Waals surface area contributed by atoms with Crippen LogP contribution < -0.4 is 0 Å². The maximum atomic E-state index is 13.5. The topological polar surface area (TPSA) is 122 Å². The lowest BCUT2D eigenvalue weighted by Crippen LogP contribution is -2.39. The number of amides is 1. The van der Waals surface area contributed by atoms with E-state index in [1.54, 1.807) is 22.7 Å². The van der Waals surface area contributed by atoms with Crippen molar-refractivity contribution in [1.29, 1.82) is 0 Å². The van der Waals surface area contributed by atoms with E-state index in [9.17, 15) is 9.59 Å². The minimum Gasteiger partial charge on any atom is -0.464 e. The van der Waals surface area contributed by atoms with E-state index in [1.165, 1.54) is 11.3 Å². The summed E-state index contributed by atoms with van der Waals surface area (Å²) in [7, 11) is 1.84. The predicted octanol–water partition coefficient (Wildman–Crippen LogP) is 8.71. The molecule has 1 amide bonds. The van der Waals surface area contributed by atoms with Gasteiger partial charge in [0.15, 0.2) is 11.8 Å². The van der Waals surface area contributed by atoms with Crippen LogP contribution in [0.2, 0.25) is 5.02 Å². The van der Waals surface area contributed by atoms with Crippen LogP contribution in [0, 0.1) is 6.92 Å². The molecule has 0 spiro atoms. The van der Waals surface area contributed by atoms with Crippen LogP contribution in [-0.4, -0.2) is 72.6 Å². The van der Waals surface area contributed by atoms with Crippen LogP contribution in [0.15, 0.2) is 42.6 Å². The number of fused-ring (bicyclic) bond motifs is 2. The van der Waals surface area contributed by atoms with Gasteiger partial charge in [-0.2, -0.15) is 5.10 Å². The van der Waals surface area contributed by atoms with Gasteiger partial charge in [0, 0.05) is 36.3 Å². The number of carbonyl (C=O) groups excluding carboxylic acids is 2. The number of esters is 1. The number of hydrogen-bond acceptors (Lipinski definition) is 10. The third kappa shape index (κ3) is 7.78. The molecule has 11 nitrogen and oxygen atoms in total. The molecule has 1 aliphatic rings. The molecule has 0 saturated carbocycles. The Morgan fingerprint density at radius 3 is 2.41 bits per heavy atom. The average molecular weight is 731 g/mol. The van der Waals surface area contributed by atoms with Gasteiger partial charge >= 0.3 is 12.1 Å². The Morgan fingerprint density at radius 2 is 1.78 bits per heavy atom. The number of nitrogens with zero attached hydrogens (tertiary/aromatic N) is 6. The molecular weight excluding hydrogens is 688 g/mol. The SMILES string of the molecule is CCOC(=O)[C@@H](OC(C)(C)C)c1c(C)cc2nc(-c3cnc4c(n3)c(C3=CCN(C(=O)OC(C)(C)C)CC3)nn4C)sc2c1-c1ccc(Cl)cc1. The van der Waals surface area contributed by atoms with E-state index >= 15 is 0 Å². The first kappa shape index (κ1) is 36.4. The fourth-order valence-corrected chi connectivity index (χ4v) is 7.28. The molecule has 1 atom stereocenters. The molecule has 0 radical (unpaired) electrons. The molecule has 13 heteroatoms. The molecule has 1 aliphatic heterocycles. The largest absolute Gasteiger partial charge is 0.464 e. The van der Waals surface area contributed by atoms with Gasteiger partial charge in [-0.25, -0.2) is 29.2 Å².